The van der Waals surface area contributed by atoms with Gasteiger partial charge in [0.2, 0.25) is 0 Å². The second-order valence-electron chi connectivity index (χ2n) is 5.58. The van der Waals surface area contributed by atoms with Crippen molar-refractivity contribution in [1.82, 2.24) is 9.97 Å². The molecular weight excluding hydrogens is 349 g/mol. The van der Waals surface area contributed by atoms with E-state index in [-0.39, 0.29) is 24.7 Å². The van der Waals surface area contributed by atoms with Crippen LogP contribution in [0.3, 0.4) is 0 Å². The highest BCUT2D eigenvalue weighted by Crippen LogP contribution is 2.19. The van der Waals surface area contributed by atoms with E-state index in [0.717, 1.165) is 0 Å². The molecule has 9 heteroatoms. The standard InChI is InChI=1S/C16H15ClFN5O2/c17-10-4-5-11(20-6-10)15(24)22-14-3-1-2-12(21-14)16(8-18)9-25-7-13(19)23-16/h1-6H,7-9H2,(H2,19,23)(H,21,22,24)/p+1. The molecular formula is C16H16ClFN5O2+. The third-order valence-corrected chi connectivity index (χ3v) is 3.90. The number of nitrogens with two attached hydrogens (primary N) is 1. The van der Waals surface area contributed by atoms with Crippen molar-refractivity contribution in [3.05, 3.63) is 52.9 Å². The van der Waals surface area contributed by atoms with Crippen molar-refractivity contribution in [3.63, 3.8) is 0 Å². The molecule has 2 aromatic heterocycles. The summed E-state index contributed by atoms with van der Waals surface area (Å²) >= 11 is 5.75. The fraction of sp³-hybridized carbons (Fsp3) is 0.250. The third-order valence-electron chi connectivity index (χ3n) is 3.68. The van der Waals surface area contributed by atoms with Gasteiger partial charge in [-0.3, -0.25) is 15.5 Å². The van der Waals surface area contributed by atoms with E-state index in [0.29, 0.717) is 16.6 Å². The predicted octanol–water partition coefficient (Wildman–Crippen LogP) is 0.0151. The van der Waals surface area contributed by atoms with Gasteiger partial charge in [-0.1, -0.05) is 17.7 Å². The second-order valence-corrected chi connectivity index (χ2v) is 6.02. The monoisotopic (exact) mass is 364 g/mol. The lowest BCUT2D eigenvalue weighted by Crippen LogP contribution is -2.92. The van der Waals surface area contributed by atoms with E-state index >= 15 is 0 Å². The molecule has 0 bridgehead atoms. The Kier molecular flexibility index (Phi) is 4.91. The normalized spacial score (nSPS) is 20.0. The van der Waals surface area contributed by atoms with Crippen LogP contribution in [-0.4, -0.2) is 41.6 Å². The first kappa shape index (κ1) is 17.2. The third kappa shape index (κ3) is 3.75. The highest BCUT2D eigenvalue weighted by molar-refractivity contribution is 6.30. The highest BCUT2D eigenvalue weighted by Gasteiger charge is 2.40. The minimum atomic E-state index is -1.18. The van der Waals surface area contributed by atoms with Crippen molar-refractivity contribution in [1.29, 1.82) is 0 Å². The number of halogens is 2. The summed E-state index contributed by atoms with van der Waals surface area (Å²) in [4.78, 5) is 23.4. The smallest absolute Gasteiger partial charge is 0.275 e. The second kappa shape index (κ2) is 7.12. The molecule has 1 amide bonds. The van der Waals surface area contributed by atoms with Crippen LogP contribution < -0.4 is 16.0 Å². The SMILES string of the molecule is NC1=[NH+]C(CF)(c2cccc(NC(=O)c3ccc(Cl)cn3)n2)COC1. The van der Waals surface area contributed by atoms with Gasteiger partial charge in [0.25, 0.3) is 11.7 Å². The quantitative estimate of drug-likeness (QED) is 0.709. The zero-order valence-corrected chi connectivity index (χ0v) is 13.9. The van der Waals surface area contributed by atoms with E-state index in [1.165, 1.54) is 12.3 Å². The van der Waals surface area contributed by atoms with E-state index in [1.54, 1.807) is 24.3 Å². The molecule has 0 saturated heterocycles. The Morgan fingerprint density at radius 3 is 2.96 bits per heavy atom. The van der Waals surface area contributed by atoms with Crippen LogP contribution in [0.2, 0.25) is 5.02 Å². The molecule has 7 nitrogen and oxygen atoms in total. The number of rotatable bonds is 4. The van der Waals surface area contributed by atoms with E-state index in [1.807, 2.05) is 0 Å². The van der Waals surface area contributed by atoms with Gasteiger partial charge in [0.1, 0.15) is 24.8 Å². The van der Waals surface area contributed by atoms with Crippen LogP contribution in [0.1, 0.15) is 16.2 Å². The highest BCUT2D eigenvalue weighted by atomic mass is 35.5. The Hall–Kier alpha value is -2.58. The number of alkyl halides is 1. The topological polar surface area (TPSA) is 104 Å². The van der Waals surface area contributed by atoms with Gasteiger partial charge in [0.05, 0.1) is 17.3 Å². The van der Waals surface area contributed by atoms with Crippen LogP contribution in [0.5, 0.6) is 0 Å². The zero-order valence-electron chi connectivity index (χ0n) is 13.1. The summed E-state index contributed by atoms with van der Waals surface area (Å²) in [6.45, 7) is -0.482. The Bertz CT molecular complexity index is 814. The van der Waals surface area contributed by atoms with Crippen LogP contribution >= 0.6 is 11.6 Å². The Morgan fingerprint density at radius 1 is 1.44 bits per heavy atom. The number of hydrogen-bond acceptors (Lipinski definition) is 5. The first-order valence-electron chi connectivity index (χ1n) is 7.46. The molecule has 0 fully saturated rings. The molecule has 3 heterocycles. The Labute approximate surface area is 148 Å². The lowest BCUT2D eigenvalue weighted by atomic mass is 9.97. The molecule has 2 aromatic rings. The van der Waals surface area contributed by atoms with E-state index in [9.17, 15) is 9.18 Å². The molecule has 1 aliphatic heterocycles. The average molecular weight is 365 g/mol. The molecule has 4 N–H and O–H groups in total. The van der Waals surface area contributed by atoms with Crippen molar-refractivity contribution in [2.45, 2.75) is 5.54 Å². The molecule has 0 spiro atoms. The van der Waals surface area contributed by atoms with Crippen molar-refractivity contribution in [3.8, 4) is 0 Å². The summed E-state index contributed by atoms with van der Waals surface area (Å²) in [6.07, 6.45) is 1.38. The number of amides is 1. The molecule has 1 atom stereocenters. The van der Waals surface area contributed by atoms with Gasteiger partial charge in [-0.25, -0.2) is 14.4 Å². The van der Waals surface area contributed by atoms with E-state index in [2.05, 4.69) is 20.3 Å². The van der Waals surface area contributed by atoms with E-state index in [4.69, 9.17) is 22.1 Å². The predicted molar refractivity (Wildman–Crippen MR) is 90.1 cm³/mol. The lowest BCUT2D eigenvalue weighted by Gasteiger charge is -2.27. The number of nitrogens with one attached hydrogen (secondary N) is 2. The number of ether oxygens (including phenoxy) is 1. The minimum Gasteiger partial charge on any atom is -0.364 e. The number of pyridine rings is 2. The van der Waals surface area contributed by atoms with Gasteiger partial charge in [0.15, 0.2) is 5.54 Å². The van der Waals surface area contributed by atoms with Crippen molar-refractivity contribution in [2.75, 3.05) is 25.2 Å². The van der Waals surface area contributed by atoms with Crippen LogP contribution in [0.15, 0.2) is 36.5 Å². The molecule has 1 unspecified atom stereocenters. The molecule has 0 saturated carbocycles. The molecule has 1 aliphatic rings. The first-order chi connectivity index (χ1) is 12.0. The van der Waals surface area contributed by atoms with Crippen molar-refractivity contribution < 1.29 is 18.9 Å². The first-order valence-corrected chi connectivity index (χ1v) is 7.84. The maximum Gasteiger partial charge on any atom is 0.275 e. The maximum atomic E-state index is 13.7. The number of aromatic nitrogens is 2. The van der Waals surface area contributed by atoms with Gasteiger partial charge in [-0.05, 0) is 24.3 Å². The summed E-state index contributed by atoms with van der Waals surface area (Å²) in [5.41, 5.74) is 5.11. The number of hydrogen-bond donors (Lipinski definition) is 3. The molecule has 130 valence electrons. The Balaban J connectivity index is 1.85. The minimum absolute atomic E-state index is 0.0767. The molecule has 0 aliphatic carbocycles. The fourth-order valence-electron chi connectivity index (χ4n) is 2.45. The van der Waals surface area contributed by atoms with Crippen LogP contribution in [0.25, 0.3) is 0 Å². The van der Waals surface area contributed by atoms with Gasteiger partial charge in [-0.15, -0.1) is 0 Å². The number of carbonyl (C=O) groups excluding carboxylic acids is 1. The van der Waals surface area contributed by atoms with Gasteiger partial charge >= 0.3 is 0 Å². The summed E-state index contributed by atoms with van der Waals surface area (Å²) < 4.78 is 19.1. The number of amidine groups is 1. The molecule has 25 heavy (non-hydrogen) atoms. The summed E-state index contributed by atoms with van der Waals surface area (Å²) in [5.74, 6) is 0.137. The van der Waals surface area contributed by atoms with E-state index < -0.39 is 18.1 Å². The Morgan fingerprint density at radius 2 is 2.28 bits per heavy atom. The summed E-state index contributed by atoms with van der Waals surface area (Å²) in [5, 5.41) is 3.05. The number of carbonyl (C=O) groups is 1. The maximum absolute atomic E-state index is 13.7. The molecule has 3 rings (SSSR count). The van der Waals surface area contributed by atoms with Gasteiger partial charge in [0, 0.05) is 6.20 Å². The largest absolute Gasteiger partial charge is 0.364 e. The van der Waals surface area contributed by atoms with Crippen molar-refractivity contribution >= 4 is 29.2 Å². The molecule has 0 radical (unpaired) electrons. The summed E-state index contributed by atoms with van der Waals surface area (Å²) in [7, 11) is 0. The zero-order chi connectivity index (χ0) is 17.9. The van der Waals surface area contributed by atoms with Crippen molar-refractivity contribution in [2.24, 2.45) is 5.73 Å². The van der Waals surface area contributed by atoms with Crippen LogP contribution in [0, 0.1) is 0 Å². The molecule has 0 aromatic carbocycles. The van der Waals surface area contributed by atoms with Crippen LogP contribution in [-0.2, 0) is 10.3 Å². The number of nitrogens with zero attached hydrogens (tertiary/aromatic N) is 2. The fourth-order valence-corrected chi connectivity index (χ4v) is 2.57. The van der Waals surface area contributed by atoms with Crippen LogP contribution in [0.4, 0.5) is 10.2 Å². The average Bonchev–Trinajstić information content (AvgIpc) is 2.62. The number of anilines is 1. The van der Waals surface area contributed by atoms with Gasteiger partial charge < -0.3 is 10.1 Å². The summed E-state index contributed by atoms with van der Waals surface area (Å²) in [6, 6.07) is 7.96. The lowest BCUT2D eigenvalue weighted by molar-refractivity contribution is -0.582. The van der Waals surface area contributed by atoms with Gasteiger partial charge in [-0.2, -0.15) is 0 Å².